The summed E-state index contributed by atoms with van der Waals surface area (Å²) in [6, 6.07) is 42.3. The lowest BCUT2D eigenvalue weighted by atomic mass is 9.33. The zero-order valence-electron chi connectivity index (χ0n) is 54.6. The third-order valence-electron chi connectivity index (χ3n) is 15.7. The van der Waals surface area contributed by atoms with Gasteiger partial charge in [-0.25, -0.2) is 0 Å². The van der Waals surface area contributed by atoms with E-state index in [1.807, 2.05) is 45.0 Å². The lowest BCUT2D eigenvalue weighted by Crippen LogP contribution is -2.61. The van der Waals surface area contributed by atoms with E-state index in [2.05, 4.69) is 175 Å². The number of benzene rings is 9. The maximum Gasteiger partial charge on any atom is 0.252 e. The van der Waals surface area contributed by atoms with Crippen LogP contribution in [0.25, 0.3) is 22.3 Å². The lowest BCUT2D eigenvalue weighted by molar-refractivity contribution is 0.590. The van der Waals surface area contributed by atoms with Crippen LogP contribution in [0.5, 0.6) is 0 Å². The largest absolute Gasteiger partial charge is 0.311 e. The van der Waals surface area contributed by atoms with Gasteiger partial charge in [-0.3, -0.25) is 0 Å². The molecule has 0 spiro atoms. The molecule has 0 saturated heterocycles. The summed E-state index contributed by atoms with van der Waals surface area (Å²) >= 11 is 0. The van der Waals surface area contributed by atoms with Gasteiger partial charge in [0.15, 0.2) is 0 Å². The Bertz CT molecular complexity index is 4220. The van der Waals surface area contributed by atoms with Crippen LogP contribution in [0.2, 0.25) is 0 Å². The second-order valence-corrected chi connectivity index (χ2v) is 24.1. The third kappa shape index (κ3) is 7.71. The van der Waals surface area contributed by atoms with Crippen molar-refractivity contribution in [2.45, 2.75) is 105 Å². The second-order valence-electron chi connectivity index (χ2n) is 24.1. The molecule has 0 fully saturated rings. The summed E-state index contributed by atoms with van der Waals surface area (Å²) in [5.74, 6) is 0. The molecular weight excluding hydrogens is 894 g/mol. The lowest BCUT2D eigenvalue weighted by Gasteiger charge is -2.45. The highest BCUT2D eigenvalue weighted by molar-refractivity contribution is 7.00. The van der Waals surface area contributed by atoms with Crippen molar-refractivity contribution >= 4 is 74.3 Å². The summed E-state index contributed by atoms with van der Waals surface area (Å²) in [7, 11) is 0. The van der Waals surface area contributed by atoms with Crippen molar-refractivity contribution in [3.8, 4) is 22.3 Å². The van der Waals surface area contributed by atoms with Crippen LogP contribution in [0.1, 0.15) is 123 Å². The Morgan fingerprint density at radius 1 is 0.459 bits per heavy atom. The minimum Gasteiger partial charge on any atom is -0.311 e. The Hall–Kier alpha value is -7.56. The van der Waals surface area contributed by atoms with Crippen molar-refractivity contribution in [1.29, 1.82) is 0 Å². The Morgan fingerprint density at radius 2 is 1.04 bits per heavy atom. The van der Waals surface area contributed by atoms with E-state index < -0.39 is 65.8 Å². The molecule has 0 bridgehead atoms. The standard InChI is InChI=1S/C70H68BN3/c1-45-39-64-66-65(40-45)74(52-33-35-55-54-25-19-20-26-57(54)70(11,12)58(55)43-52)63-44-53(72(50-23-17-14-18-24-50)61-37-29-48(68(5,6)7)41-56(61)46-21-15-13-16-22-46)34-36-59(63)71(66)60-42-49(69(8,9)10)30-38-62(60)73(64)51-31-27-47(28-32-51)67(2,3)4/h13-44H,1-12H3/i13D,14D,15D,16D,17D,18D,21D,22D,23D,24D. The zero-order chi connectivity index (χ0) is 60.3. The van der Waals surface area contributed by atoms with Crippen molar-refractivity contribution in [2.24, 2.45) is 0 Å². The molecule has 0 atom stereocenters. The Balaban J connectivity index is 1.21. The number of para-hydroxylation sites is 1. The van der Waals surface area contributed by atoms with Gasteiger partial charge < -0.3 is 14.7 Å². The van der Waals surface area contributed by atoms with Crippen molar-refractivity contribution in [3.05, 3.63) is 227 Å². The van der Waals surface area contributed by atoms with Gasteiger partial charge in [0.1, 0.15) is 0 Å². The molecule has 0 unspecified atom stereocenters. The molecule has 2 heterocycles. The summed E-state index contributed by atoms with van der Waals surface area (Å²) in [5.41, 5.74) is 17.5. The minimum atomic E-state index is -0.562. The highest BCUT2D eigenvalue weighted by atomic mass is 15.2. The third-order valence-corrected chi connectivity index (χ3v) is 15.7. The molecule has 0 amide bonds. The average molecular weight is 972 g/mol. The maximum atomic E-state index is 9.70. The summed E-state index contributed by atoms with van der Waals surface area (Å²) in [5, 5.41) is 0. The highest BCUT2D eigenvalue weighted by Crippen LogP contribution is 2.53. The first kappa shape index (κ1) is 37.2. The van der Waals surface area contributed by atoms with E-state index in [4.69, 9.17) is 8.22 Å². The molecule has 0 radical (unpaired) electrons. The smallest absolute Gasteiger partial charge is 0.252 e. The van der Waals surface area contributed by atoms with Crippen LogP contribution in [0.3, 0.4) is 0 Å². The fourth-order valence-corrected chi connectivity index (χ4v) is 11.8. The van der Waals surface area contributed by atoms with E-state index in [-0.39, 0.29) is 45.5 Å². The predicted molar refractivity (Wildman–Crippen MR) is 319 cm³/mol. The first-order valence-corrected chi connectivity index (χ1v) is 25.9. The topological polar surface area (TPSA) is 9.72 Å². The molecule has 1 aliphatic carbocycles. The molecular formula is C70H68BN3. The molecule has 9 aromatic carbocycles. The molecule has 2 aliphatic heterocycles. The number of rotatable bonds is 6. The van der Waals surface area contributed by atoms with Gasteiger partial charge in [0, 0.05) is 56.5 Å². The molecule has 74 heavy (non-hydrogen) atoms. The normalized spacial score (nSPS) is 16.1. The fourth-order valence-electron chi connectivity index (χ4n) is 11.8. The summed E-state index contributed by atoms with van der Waals surface area (Å²) in [6.45, 7) is 25.8. The first-order chi connectivity index (χ1) is 39.4. The average Bonchev–Trinajstić information content (AvgIpc) is 0.795. The van der Waals surface area contributed by atoms with Gasteiger partial charge in [0.25, 0.3) is 6.71 Å². The molecule has 3 nitrogen and oxygen atoms in total. The van der Waals surface area contributed by atoms with Gasteiger partial charge in [-0.2, -0.15) is 0 Å². The van der Waals surface area contributed by atoms with Crippen LogP contribution in [0, 0.1) is 6.92 Å². The molecule has 366 valence electrons. The number of aryl methyl sites for hydroxylation is 1. The van der Waals surface area contributed by atoms with Crippen LogP contribution in [0.4, 0.5) is 51.2 Å². The van der Waals surface area contributed by atoms with Crippen molar-refractivity contribution in [2.75, 3.05) is 14.7 Å². The quantitative estimate of drug-likeness (QED) is 0.154. The molecule has 0 saturated carbocycles. The van der Waals surface area contributed by atoms with Crippen molar-refractivity contribution in [3.63, 3.8) is 0 Å². The van der Waals surface area contributed by atoms with Crippen LogP contribution in [-0.4, -0.2) is 6.71 Å². The van der Waals surface area contributed by atoms with E-state index in [0.29, 0.717) is 5.69 Å². The van der Waals surface area contributed by atoms with E-state index in [1.54, 1.807) is 11.0 Å². The molecule has 4 heteroatoms. The summed E-state index contributed by atoms with van der Waals surface area (Å²) < 4.78 is 91.6. The van der Waals surface area contributed by atoms with Crippen LogP contribution >= 0.6 is 0 Å². The van der Waals surface area contributed by atoms with Gasteiger partial charge in [0.05, 0.1) is 19.4 Å². The SMILES string of the molecule is [2H]c1c([2H])c([2H])c(-c2cc(C(C)(C)C)ccc2N(c2ccc3c(c2)N(c2ccc4c(c2)C(C)(C)c2ccccc2-4)c2cc(C)cc4c2B3c2cc(C(C)(C)C)ccc2N4c2ccc(C(C)(C)C)cc2)c2c([2H])c([2H])c([2H])c([2H])c2[2H])c([2H])c1[2H]. The van der Waals surface area contributed by atoms with Crippen molar-refractivity contribution < 1.29 is 13.7 Å². The molecule has 3 aliphatic rings. The molecule has 12 rings (SSSR count). The van der Waals surface area contributed by atoms with E-state index in [9.17, 15) is 5.48 Å². The zero-order valence-corrected chi connectivity index (χ0v) is 44.6. The van der Waals surface area contributed by atoms with Crippen LogP contribution in [0.15, 0.2) is 194 Å². The minimum absolute atomic E-state index is 0.0577. The second kappa shape index (κ2) is 17.0. The predicted octanol–water partition coefficient (Wildman–Crippen LogP) is 17.4. The van der Waals surface area contributed by atoms with Gasteiger partial charge in [0.2, 0.25) is 0 Å². The Kier molecular flexibility index (Phi) is 8.55. The van der Waals surface area contributed by atoms with Gasteiger partial charge in [-0.1, -0.05) is 191 Å². The number of fused-ring (bicyclic) bond motifs is 7. The summed E-state index contributed by atoms with van der Waals surface area (Å²) in [4.78, 5) is 6.38. The van der Waals surface area contributed by atoms with Gasteiger partial charge in [-0.05, 0) is 168 Å². The maximum absolute atomic E-state index is 9.70. The monoisotopic (exact) mass is 972 g/mol. The Labute approximate surface area is 455 Å². The van der Waals surface area contributed by atoms with E-state index >= 15 is 0 Å². The Morgan fingerprint density at radius 3 is 1.72 bits per heavy atom. The fraction of sp³-hybridized carbons (Fsp3) is 0.229. The van der Waals surface area contributed by atoms with Crippen LogP contribution in [-0.2, 0) is 21.7 Å². The number of nitrogens with zero attached hydrogens (tertiary/aromatic N) is 3. The number of hydrogen-bond donors (Lipinski definition) is 0. The molecule has 9 aromatic rings. The van der Waals surface area contributed by atoms with Crippen LogP contribution < -0.4 is 31.1 Å². The number of hydrogen-bond acceptors (Lipinski definition) is 3. The first-order valence-electron chi connectivity index (χ1n) is 30.9. The van der Waals surface area contributed by atoms with Gasteiger partial charge in [-0.15, -0.1) is 0 Å². The van der Waals surface area contributed by atoms with Crippen molar-refractivity contribution in [1.82, 2.24) is 0 Å². The van der Waals surface area contributed by atoms with E-state index in [0.717, 1.165) is 67.2 Å². The van der Waals surface area contributed by atoms with Gasteiger partial charge >= 0.3 is 0 Å². The molecule has 0 aromatic heterocycles. The molecule has 0 N–H and O–H groups in total. The highest BCUT2D eigenvalue weighted by Gasteiger charge is 2.45. The number of anilines is 9. The van der Waals surface area contributed by atoms with E-state index in [1.165, 1.54) is 27.8 Å². The summed E-state index contributed by atoms with van der Waals surface area (Å²) in [6.07, 6.45) is 0.